The van der Waals surface area contributed by atoms with Crippen molar-refractivity contribution in [2.45, 2.75) is 11.7 Å². The van der Waals surface area contributed by atoms with Crippen LogP contribution < -0.4 is 24.0 Å². The van der Waals surface area contributed by atoms with E-state index in [4.69, 9.17) is 9.72 Å². The van der Waals surface area contributed by atoms with Crippen molar-refractivity contribution in [3.05, 3.63) is 133 Å². The number of nitrogens with zero attached hydrogens (tertiary/aromatic N) is 5. The number of fused-ring (bicyclic) bond motifs is 10. The SMILES string of the molecule is CN1c2cccnc2N2c3cccc4c3C3(c5c(cccc5N5c6ccccc6-c6ccccc6-c6ccc[n+]3c65)O4)C12. The van der Waals surface area contributed by atoms with Crippen LogP contribution in [-0.4, -0.2) is 18.2 Å². The molecule has 0 amide bonds. The van der Waals surface area contributed by atoms with Crippen LogP contribution in [0.25, 0.3) is 22.3 Å². The Kier molecular flexibility index (Phi) is 3.70. The molecule has 5 aliphatic rings. The third-order valence-electron chi connectivity index (χ3n) is 10.1. The van der Waals surface area contributed by atoms with Gasteiger partial charge in [-0.3, -0.25) is 4.90 Å². The Morgan fingerprint density at radius 1 is 0.651 bits per heavy atom. The minimum absolute atomic E-state index is 0.0928. The molecule has 6 aromatic rings. The van der Waals surface area contributed by atoms with Crippen molar-refractivity contribution in [1.29, 1.82) is 0 Å². The third-order valence-corrected chi connectivity index (χ3v) is 10.1. The van der Waals surface area contributed by atoms with Gasteiger partial charge in [-0.05, 0) is 65.7 Å². The van der Waals surface area contributed by atoms with E-state index in [0.717, 1.165) is 45.9 Å². The number of rotatable bonds is 0. The molecular formula is C37H24N5O+. The van der Waals surface area contributed by atoms with E-state index in [9.17, 15) is 0 Å². The first-order chi connectivity index (χ1) is 21.3. The van der Waals surface area contributed by atoms with Gasteiger partial charge < -0.3 is 9.64 Å². The Morgan fingerprint density at radius 3 is 2.14 bits per heavy atom. The van der Waals surface area contributed by atoms with Crippen LogP contribution in [0.4, 0.5) is 34.4 Å². The van der Waals surface area contributed by atoms with Gasteiger partial charge in [0.05, 0.1) is 34.3 Å². The van der Waals surface area contributed by atoms with Gasteiger partial charge in [-0.25, -0.2) is 9.55 Å². The van der Waals surface area contributed by atoms with Crippen molar-refractivity contribution in [2.24, 2.45) is 0 Å². The maximum absolute atomic E-state index is 6.83. The summed E-state index contributed by atoms with van der Waals surface area (Å²) in [6.45, 7) is 0. The molecule has 7 heterocycles. The van der Waals surface area contributed by atoms with Crippen LogP contribution in [0.3, 0.4) is 0 Å². The lowest BCUT2D eigenvalue weighted by atomic mass is 9.75. The molecule has 2 aromatic heterocycles. The molecule has 202 valence electrons. The minimum Gasteiger partial charge on any atom is -0.456 e. The zero-order chi connectivity index (χ0) is 28.0. The maximum Gasteiger partial charge on any atom is 0.296 e. The molecule has 0 N–H and O–H groups in total. The number of para-hydroxylation sites is 1. The third kappa shape index (κ3) is 2.28. The Bertz CT molecular complexity index is 2240. The molecule has 6 heteroatoms. The lowest BCUT2D eigenvalue weighted by molar-refractivity contribution is -0.734. The Hall–Kier alpha value is -5.62. The molecule has 0 bridgehead atoms. The zero-order valence-electron chi connectivity index (χ0n) is 23.3. The number of benzene rings is 4. The Labute approximate surface area is 248 Å². The highest BCUT2D eigenvalue weighted by Crippen LogP contribution is 2.67. The molecule has 6 nitrogen and oxygen atoms in total. The molecule has 0 fully saturated rings. The summed E-state index contributed by atoms with van der Waals surface area (Å²) >= 11 is 0. The summed E-state index contributed by atoms with van der Waals surface area (Å²) < 4.78 is 9.38. The number of hydrogen-bond acceptors (Lipinski definition) is 5. The zero-order valence-corrected chi connectivity index (χ0v) is 23.3. The fourth-order valence-corrected chi connectivity index (χ4v) is 8.64. The van der Waals surface area contributed by atoms with Crippen LogP contribution in [0.15, 0.2) is 122 Å². The summed E-state index contributed by atoms with van der Waals surface area (Å²) in [6, 6.07) is 39.3. The number of aromatic nitrogens is 2. The largest absolute Gasteiger partial charge is 0.456 e. The van der Waals surface area contributed by atoms with Gasteiger partial charge >= 0.3 is 0 Å². The van der Waals surface area contributed by atoms with Crippen molar-refractivity contribution >= 4 is 34.4 Å². The van der Waals surface area contributed by atoms with Crippen molar-refractivity contribution in [2.75, 3.05) is 21.7 Å². The van der Waals surface area contributed by atoms with Crippen molar-refractivity contribution in [3.8, 4) is 33.8 Å². The van der Waals surface area contributed by atoms with Crippen molar-refractivity contribution in [1.82, 2.24) is 4.98 Å². The van der Waals surface area contributed by atoms with Crippen LogP contribution >= 0.6 is 0 Å². The molecule has 1 spiro atoms. The first kappa shape index (κ1) is 22.0. The Balaban J connectivity index is 1.36. The highest BCUT2D eigenvalue weighted by molar-refractivity contribution is 6.02. The average molecular weight is 555 g/mol. The summed E-state index contributed by atoms with van der Waals surface area (Å²) in [5, 5.41) is 0. The van der Waals surface area contributed by atoms with E-state index in [1.165, 1.54) is 33.4 Å². The number of pyridine rings is 2. The first-order valence-corrected chi connectivity index (χ1v) is 14.7. The summed E-state index contributed by atoms with van der Waals surface area (Å²) in [7, 11) is 2.21. The predicted octanol–water partition coefficient (Wildman–Crippen LogP) is 7.62. The monoisotopic (exact) mass is 554 g/mol. The summed E-state index contributed by atoms with van der Waals surface area (Å²) in [5.41, 5.74) is 11.2. The van der Waals surface area contributed by atoms with E-state index in [0.29, 0.717) is 0 Å². The molecule has 5 aliphatic heterocycles. The fourth-order valence-electron chi connectivity index (χ4n) is 8.64. The minimum atomic E-state index is -0.609. The topological polar surface area (TPSA) is 35.7 Å². The molecule has 0 aliphatic carbocycles. The summed E-state index contributed by atoms with van der Waals surface area (Å²) in [4.78, 5) is 12.3. The molecular weight excluding hydrogens is 530 g/mol. The van der Waals surface area contributed by atoms with E-state index >= 15 is 0 Å². The molecule has 4 aromatic carbocycles. The van der Waals surface area contributed by atoms with E-state index in [-0.39, 0.29) is 6.17 Å². The maximum atomic E-state index is 6.83. The molecule has 0 saturated heterocycles. The predicted molar refractivity (Wildman–Crippen MR) is 167 cm³/mol. The van der Waals surface area contributed by atoms with Crippen LogP contribution in [0.5, 0.6) is 11.5 Å². The van der Waals surface area contributed by atoms with Crippen molar-refractivity contribution < 1.29 is 9.30 Å². The number of anilines is 6. The first-order valence-electron chi connectivity index (χ1n) is 14.7. The van der Waals surface area contributed by atoms with Gasteiger partial charge in [0, 0.05) is 18.8 Å². The lowest BCUT2D eigenvalue weighted by Gasteiger charge is -2.46. The van der Waals surface area contributed by atoms with Crippen molar-refractivity contribution in [3.63, 3.8) is 0 Å². The van der Waals surface area contributed by atoms with Gasteiger partial charge in [-0.2, -0.15) is 4.90 Å². The second-order valence-corrected chi connectivity index (χ2v) is 11.9. The number of likely N-dealkylation sites (N-methyl/N-ethyl adjacent to an activating group) is 1. The van der Waals surface area contributed by atoms with E-state index < -0.39 is 5.54 Å². The lowest BCUT2D eigenvalue weighted by Crippen LogP contribution is -2.70. The second-order valence-electron chi connectivity index (χ2n) is 11.9. The summed E-state index contributed by atoms with van der Waals surface area (Å²) in [5.74, 6) is 3.93. The van der Waals surface area contributed by atoms with Crippen LogP contribution in [-0.2, 0) is 5.54 Å². The molecule has 0 radical (unpaired) electrons. The van der Waals surface area contributed by atoms with Crippen LogP contribution in [0.1, 0.15) is 11.1 Å². The molecule has 0 saturated carbocycles. The quantitative estimate of drug-likeness (QED) is 0.180. The standard InChI is InChI=1S/C37H24N5O/c1-39-29-17-8-20-38-34(29)42-28-16-7-19-31-33(28)37(36(39)42)32-27(15-6-18-30(32)43-31)41-26-14-5-4-12-24(26)22-10-2-3-11-23(22)25-13-9-21-40(37)35(25)41/h2-21,36H,1H3/q+1. The second kappa shape index (κ2) is 7.23. The summed E-state index contributed by atoms with van der Waals surface area (Å²) in [6.07, 6.45) is 4.09. The fraction of sp³-hybridized carbons (Fsp3) is 0.0811. The van der Waals surface area contributed by atoms with Crippen LogP contribution in [0, 0.1) is 0 Å². The molecule has 2 atom stereocenters. The average Bonchev–Trinajstić information content (AvgIpc) is 3.49. The highest BCUT2D eigenvalue weighted by atomic mass is 16.5. The number of ether oxygens (including phenoxy) is 1. The van der Waals surface area contributed by atoms with E-state index in [2.05, 4.69) is 136 Å². The normalized spacial score (nSPS) is 20.1. The van der Waals surface area contributed by atoms with E-state index in [1.807, 2.05) is 12.3 Å². The van der Waals surface area contributed by atoms with Crippen LogP contribution in [0.2, 0.25) is 0 Å². The van der Waals surface area contributed by atoms with E-state index in [1.54, 1.807) is 0 Å². The van der Waals surface area contributed by atoms with Gasteiger partial charge in [0.1, 0.15) is 22.9 Å². The van der Waals surface area contributed by atoms with Gasteiger partial charge in [-0.1, -0.05) is 54.6 Å². The molecule has 11 rings (SSSR count). The molecule has 2 unspecified atom stereocenters. The van der Waals surface area contributed by atoms with Gasteiger partial charge in [0.2, 0.25) is 5.54 Å². The van der Waals surface area contributed by atoms with Gasteiger partial charge in [0.25, 0.3) is 5.82 Å². The number of hydrogen-bond donors (Lipinski definition) is 0. The smallest absolute Gasteiger partial charge is 0.296 e. The highest BCUT2D eigenvalue weighted by Gasteiger charge is 2.70. The molecule has 43 heavy (non-hydrogen) atoms. The van der Waals surface area contributed by atoms with Gasteiger partial charge in [0.15, 0.2) is 12.0 Å². The van der Waals surface area contributed by atoms with Gasteiger partial charge in [-0.15, -0.1) is 0 Å². The Morgan fingerprint density at radius 2 is 1.30 bits per heavy atom.